The van der Waals surface area contributed by atoms with Gasteiger partial charge in [-0.1, -0.05) is 61.0 Å². The number of sulfone groups is 3. The summed E-state index contributed by atoms with van der Waals surface area (Å²) in [7, 11) is -11.7. The second kappa shape index (κ2) is 17.8. The topological polar surface area (TPSA) is 265 Å². The highest BCUT2D eigenvalue weighted by atomic mass is 32.2. The smallest absolute Gasteiger partial charge is 0.280 e. The molecule has 0 saturated carbocycles. The van der Waals surface area contributed by atoms with Crippen molar-refractivity contribution >= 4 is 65.0 Å². The molecule has 2 amide bonds. The molecule has 4 aromatic carbocycles. The number of amides is 2. The van der Waals surface area contributed by atoms with Gasteiger partial charge in [0, 0.05) is 33.4 Å². The summed E-state index contributed by atoms with van der Waals surface area (Å²) in [5.41, 5.74) is 25.7. The molecule has 56 heavy (non-hydrogen) atoms. The van der Waals surface area contributed by atoms with E-state index in [1.807, 2.05) is 45.9 Å². The fourth-order valence-electron chi connectivity index (χ4n) is 5.66. The predicted molar refractivity (Wildman–Crippen MR) is 220 cm³/mol. The molecule has 0 aliphatic heterocycles. The number of carbonyl (C=O) groups excluding carboxylic acids is 2. The summed E-state index contributed by atoms with van der Waals surface area (Å²) in [4.78, 5) is 32.4. The molecule has 0 fully saturated rings. The SMILES string of the molecule is CCc1cc(S(=O)(=O)c2ccc(C)cc2C)c(S(C)(=O)=O)cc1C(=O)N=C(N)N.CCc1cc(Sc2ccc(C)cc2C)c(S(C)(=O)=O)cc1C(=O)N=C(N)N. The maximum atomic E-state index is 13.3. The van der Waals surface area contributed by atoms with Crippen molar-refractivity contribution in [1.82, 2.24) is 0 Å². The van der Waals surface area contributed by atoms with Crippen LogP contribution < -0.4 is 22.9 Å². The molecule has 0 spiro atoms. The third-order valence-electron chi connectivity index (χ3n) is 8.28. The van der Waals surface area contributed by atoms with Gasteiger partial charge >= 0.3 is 0 Å². The van der Waals surface area contributed by atoms with E-state index in [0.29, 0.717) is 28.0 Å². The van der Waals surface area contributed by atoms with Crippen molar-refractivity contribution in [2.75, 3.05) is 12.5 Å². The van der Waals surface area contributed by atoms with Crippen LogP contribution in [0.5, 0.6) is 0 Å². The zero-order valence-electron chi connectivity index (χ0n) is 32.3. The first-order valence-electron chi connectivity index (χ1n) is 16.9. The molecule has 14 nitrogen and oxygen atoms in total. The van der Waals surface area contributed by atoms with Crippen LogP contribution in [-0.2, 0) is 42.4 Å². The Morgan fingerprint density at radius 1 is 0.554 bits per heavy atom. The molecular formula is C38H46N6O8S4. The van der Waals surface area contributed by atoms with Gasteiger partial charge in [0.05, 0.1) is 19.6 Å². The Bertz CT molecular complexity index is 2610. The predicted octanol–water partition coefficient (Wildman–Crippen LogP) is 4.35. The average molecular weight is 843 g/mol. The lowest BCUT2D eigenvalue weighted by Gasteiger charge is -2.15. The van der Waals surface area contributed by atoms with Crippen molar-refractivity contribution in [3.8, 4) is 0 Å². The van der Waals surface area contributed by atoms with Gasteiger partial charge < -0.3 is 22.9 Å². The van der Waals surface area contributed by atoms with Crippen LogP contribution in [0.4, 0.5) is 0 Å². The van der Waals surface area contributed by atoms with Gasteiger partial charge in [-0.15, -0.1) is 0 Å². The average Bonchev–Trinajstić information content (AvgIpc) is 3.07. The summed E-state index contributed by atoms with van der Waals surface area (Å²) < 4.78 is 76.2. The van der Waals surface area contributed by atoms with Gasteiger partial charge in [-0.2, -0.15) is 9.98 Å². The van der Waals surface area contributed by atoms with Crippen molar-refractivity contribution in [2.24, 2.45) is 32.9 Å². The Labute approximate surface area is 332 Å². The van der Waals surface area contributed by atoms with Crippen molar-refractivity contribution in [1.29, 1.82) is 0 Å². The lowest BCUT2D eigenvalue weighted by molar-refractivity contribution is 0.0993. The maximum absolute atomic E-state index is 13.3. The molecule has 0 saturated heterocycles. The van der Waals surface area contributed by atoms with Gasteiger partial charge in [-0.3, -0.25) is 9.59 Å². The first kappa shape index (κ1) is 45.4. The van der Waals surface area contributed by atoms with Crippen LogP contribution in [0.25, 0.3) is 0 Å². The van der Waals surface area contributed by atoms with Gasteiger partial charge in [0.2, 0.25) is 9.84 Å². The summed E-state index contributed by atoms with van der Waals surface area (Å²) in [5.74, 6) is -2.34. The summed E-state index contributed by atoms with van der Waals surface area (Å²) in [6.45, 7) is 11.0. The highest BCUT2D eigenvalue weighted by Crippen LogP contribution is 2.37. The van der Waals surface area contributed by atoms with Crippen LogP contribution in [0.1, 0.15) is 67.9 Å². The van der Waals surface area contributed by atoms with E-state index in [0.717, 1.165) is 40.2 Å². The molecule has 0 aliphatic rings. The van der Waals surface area contributed by atoms with Gasteiger partial charge in [0.15, 0.2) is 31.6 Å². The molecule has 0 aliphatic carbocycles. The molecule has 4 aromatic rings. The van der Waals surface area contributed by atoms with Crippen LogP contribution in [0.3, 0.4) is 0 Å². The minimum Gasteiger partial charge on any atom is -0.370 e. The third kappa shape index (κ3) is 11.0. The molecule has 300 valence electrons. The number of nitrogens with zero attached hydrogens (tertiary/aromatic N) is 2. The number of aryl methyl sites for hydroxylation is 6. The van der Waals surface area contributed by atoms with Crippen molar-refractivity contribution < 1.29 is 34.8 Å². The number of hydrogen-bond acceptors (Lipinski definition) is 9. The Morgan fingerprint density at radius 3 is 1.43 bits per heavy atom. The highest BCUT2D eigenvalue weighted by molar-refractivity contribution is 8.00. The maximum Gasteiger partial charge on any atom is 0.280 e. The van der Waals surface area contributed by atoms with Crippen molar-refractivity contribution in [2.45, 2.75) is 83.8 Å². The Morgan fingerprint density at radius 2 is 1.00 bits per heavy atom. The molecule has 0 atom stereocenters. The lowest BCUT2D eigenvalue weighted by atomic mass is 10.0. The van der Waals surface area contributed by atoms with Gasteiger partial charge in [-0.05, 0) is 99.2 Å². The van der Waals surface area contributed by atoms with E-state index in [9.17, 15) is 34.8 Å². The number of carbonyl (C=O) groups is 2. The second-order valence-electron chi connectivity index (χ2n) is 13.0. The molecule has 0 aromatic heterocycles. The Kier molecular flexibility index (Phi) is 14.4. The van der Waals surface area contributed by atoms with Gasteiger partial charge in [0.25, 0.3) is 11.8 Å². The standard InChI is InChI=1S/C19H23N3O5S2.C19H23N3O3S2/c1-5-13-9-17(29(26,27)15-7-6-11(2)8-12(15)3)16(28(4,24)25)10-14(13)18(23)22-19(20)21;1-5-13-9-16(26-15-7-6-11(2)8-12(15)3)17(27(4,24)25)10-14(13)18(23)22-19(20)21/h6-10H,5H2,1-4H3,(H4,20,21,22,23);6-10H,5H2,1-4H3,(H4,20,21,22,23). The van der Waals surface area contributed by atoms with Gasteiger partial charge in [0.1, 0.15) is 0 Å². The van der Waals surface area contributed by atoms with Crippen molar-refractivity contribution in [3.05, 3.63) is 105 Å². The molecule has 0 unspecified atom stereocenters. The largest absolute Gasteiger partial charge is 0.370 e. The van der Waals surface area contributed by atoms with Crippen LogP contribution in [-0.4, -0.2) is 61.5 Å². The Hall–Kier alpha value is -5.04. The number of nitrogens with two attached hydrogens (primary N) is 4. The number of hydrogen-bond donors (Lipinski definition) is 4. The van der Waals surface area contributed by atoms with E-state index in [1.165, 1.54) is 30.0 Å². The zero-order valence-corrected chi connectivity index (χ0v) is 35.6. The fourth-order valence-corrected chi connectivity index (χ4v) is 11.1. The van der Waals surface area contributed by atoms with E-state index in [4.69, 9.17) is 22.9 Å². The van der Waals surface area contributed by atoms with Crippen LogP contribution in [0.2, 0.25) is 0 Å². The summed E-state index contributed by atoms with van der Waals surface area (Å²) in [6.07, 6.45) is 2.80. The minimum atomic E-state index is -4.17. The normalized spacial score (nSPS) is 11.6. The van der Waals surface area contributed by atoms with Crippen LogP contribution in [0.15, 0.2) is 100 Å². The fraction of sp³-hybridized carbons (Fsp3) is 0.263. The van der Waals surface area contributed by atoms with Crippen LogP contribution in [0, 0.1) is 27.7 Å². The highest BCUT2D eigenvalue weighted by Gasteiger charge is 2.30. The molecule has 18 heteroatoms. The van der Waals surface area contributed by atoms with E-state index >= 15 is 0 Å². The summed E-state index contributed by atoms with van der Waals surface area (Å²) in [5, 5.41) is 0. The number of guanidine groups is 2. The van der Waals surface area contributed by atoms with E-state index in [1.54, 1.807) is 32.0 Å². The molecule has 8 N–H and O–H groups in total. The molecule has 0 bridgehead atoms. The molecule has 0 radical (unpaired) electrons. The van der Waals surface area contributed by atoms with Crippen LogP contribution >= 0.6 is 11.8 Å². The number of aliphatic imine (C=N–C) groups is 2. The monoisotopic (exact) mass is 842 g/mol. The molecule has 4 rings (SSSR count). The van der Waals surface area contributed by atoms with Crippen molar-refractivity contribution in [3.63, 3.8) is 0 Å². The molecular weight excluding hydrogens is 797 g/mol. The molecule has 0 heterocycles. The minimum absolute atomic E-state index is 0.00152. The Balaban J connectivity index is 0.000000301. The quantitative estimate of drug-likeness (QED) is 0.128. The van der Waals surface area contributed by atoms with Gasteiger partial charge in [-0.25, -0.2) is 25.3 Å². The van der Waals surface area contributed by atoms with E-state index in [2.05, 4.69) is 9.98 Å². The zero-order chi connectivity index (χ0) is 42.5. The summed E-state index contributed by atoms with van der Waals surface area (Å²) >= 11 is 1.36. The second-order valence-corrected chi connectivity index (χ2v) is 19.9. The lowest BCUT2D eigenvalue weighted by Crippen LogP contribution is -2.24. The van der Waals surface area contributed by atoms with E-state index in [-0.39, 0.29) is 38.2 Å². The number of rotatable bonds is 10. The third-order valence-corrected chi connectivity index (χ3v) is 14.0. The van der Waals surface area contributed by atoms with E-state index < -0.39 is 52.2 Å². The summed E-state index contributed by atoms with van der Waals surface area (Å²) in [6, 6.07) is 16.1. The first-order chi connectivity index (χ1) is 25.8. The number of benzene rings is 4. The first-order valence-corrected chi connectivity index (χ1v) is 23.0.